The van der Waals surface area contributed by atoms with Crippen molar-refractivity contribution in [3.8, 4) is 0 Å². The van der Waals surface area contributed by atoms with Crippen molar-refractivity contribution in [2.75, 3.05) is 38.0 Å². The number of hydrogen-bond donors (Lipinski definition) is 1. The summed E-state index contributed by atoms with van der Waals surface area (Å²) in [7, 11) is 0. The van der Waals surface area contributed by atoms with Crippen LogP contribution < -0.4 is 5.32 Å². The summed E-state index contributed by atoms with van der Waals surface area (Å²) < 4.78 is 0. The first kappa shape index (κ1) is 18.2. The number of rotatable bonds is 4. The van der Waals surface area contributed by atoms with E-state index in [9.17, 15) is 9.59 Å². The molecule has 1 aliphatic rings. The van der Waals surface area contributed by atoms with Crippen molar-refractivity contribution in [3.63, 3.8) is 0 Å². The second kappa shape index (κ2) is 8.23. The van der Waals surface area contributed by atoms with Gasteiger partial charge >= 0.3 is 0 Å². The Morgan fingerprint density at radius 1 is 0.786 bits per heavy atom. The van der Waals surface area contributed by atoms with Gasteiger partial charge in [0.15, 0.2) is 0 Å². The van der Waals surface area contributed by atoms with E-state index in [-0.39, 0.29) is 11.8 Å². The maximum Gasteiger partial charge on any atom is 0.254 e. The molecule has 1 fully saturated rings. The van der Waals surface area contributed by atoms with Gasteiger partial charge in [-0.15, -0.1) is 0 Å². The molecule has 4 rings (SSSR count). The number of amides is 2. The van der Waals surface area contributed by atoms with Gasteiger partial charge in [-0.1, -0.05) is 54.6 Å². The lowest BCUT2D eigenvalue weighted by Crippen LogP contribution is -2.50. The standard InChI is InChI=1S/C23H23N3O2/c27-22(24-19-9-2-1-3-10-19)17-25-13-15-26(16-14-25)23(28)21-12-6-8-18-7-4-5-11-20(18)21/h1-12H,13-17H2,(H,24,27). The molecule has 1 heterocycles. The molecule has 5 heteroatoms. The minimum absolute atomic E-state index is 0.0278. The molecule has 0 atom stereocenters. The Bertz CT molecular complexity index is 974. The SMILES string of the molecule is O=C(CN1CCN(C(=O)c2cccc3ccccc23)CC1)Nc1ccccc1. The summed E-state index contributed by atoms with van der Waals surface area (Å²) in [5.41, 5.74) is 1.55. The molecule has 2 amide bonds. The first-order valence-electron chi connectivity index (χ1n) is 9.55. The van der Waals surface area contributed by atoms with Crippen LogP contribution >= 0.6 is 0 Å². The molecular weight excluding hydrogens is 350 g/mol. The fourth-order valence-corrected chi connectivity index (χ4v) is 3.62. The maximum absolute atomic E-state index is 13.0. The van der Waals surface area contributed by atoms with Crippen LogP contribution in [0.25, 0.3) is 10.8 Å². The summed E-state index contributed by atoms with van der Waals surface area (Å²) >= 11 is 0. The zero-order chi connectivity index (χ0) is 19.3. The minimum atomic E-state index is -0.0278. The third kappa shape index (κ3) is 4.05. The minimum Gasteiger partial charge on any atom is -0.336 e. The number of benzene rings is 3. The number of nitrogens with zero attached hydrogens (tertiary/aromatic N) is 2. The summed E-state index contributed by atoms with van der Waals surface area (Å²) in [5, 5.41) is 4.97. The van der Waals surface area contributed by atoms with Crippen LogP contribution in [0.1, 0.15) is 10.4 Å². The predicted octanol–water partition coefficient (Wildman–Crippen LogP) is 3.24. The number of anilines is 1. The quantitative estimate of drug-likeness (QED) is 0.764. The fourth-order valence-electron chi connectivity index (χ4n) is 3.62. The van der Waals surface area contributed by atoms with E-state index in [1.54, 1.807) is 0 Å². The lowest BCUT2D eigenvalue weighted by atomic mass is 10.0. The molecule has 3 aromatic rings. The Morgan fingerprint density at radius 2 is 1.46 bits per heavy atom. The highest BCUT2D eigenvalue weighted by molar-refractivity contribution is 6.07. The van der Waals surface area contributed by atoms with E-state index in [0.29, 0.717) is 32.7 Å². The van der Waals surface area contributed by atoms with Gasteiger partial charge in [0.05, 0.1) is 6.54 Å². The maximum atomic E-state index is 13.0. The molecule has 0 radical (unpaired) electrons. The van der Waals surface area contributed by atoms with E-state index in [1.165, 1.54) is 0 Å². The first-order valence-corrected chi connectivity index (χ1v) is 9.55. The monoisotopic (exact) mass is 373 g/mol. The van der Waals surface area contributed by atoms with E-state index in [4.69, 9.17) is 0 Å². The predicted molar refractivity (Wildman–Crippen MR) is 111 cm³/mol. The molecular formula is C23H23N3O2. The lowest BCUT2D eigenvalue weighted by molar-refractivity contribution is -0.117. The van der Waals surface area contributed by atoms with Gasteiger partial charge in [-0.2, -0.15) is 0 Å². The van der Waals surface area contributed by atoms with Gasteiger partial charge in [-0.3, -0.25) is 14.5 Å². The van der Waals surface area contributed by atoms with Crippen LogP contribution in [0.3, 0.4) is 0 Å². The Morgan fingerprint density at radius 3 is 2.25 bits per heavy atom. The van der Waals surface area contributed by atoms with E-state index < -0.39 is 0 Å². The van der Waals surface area contributed by atoms with E-state index >= 15 is 0 Å². The molecule has 3 aromatic carbocycles. The molecule has 1 aliphatic heterocycles. The van der Waals surface area contributed by atoms with Crippen molar-refractivity contribution in [1.29, 1.82) is 0 Å². The van der Waals surface area contributed by atoms with Crippen molar-refractivity contribution in [1.82, 2.24) is 9.80 Å². The van der Waals surface area contributed by atoms with Gasteiger partial charge in [0, 0.05) is 37.4 Å². The molecule has 0 aliphatic carbocycles. The van der Waals surface area contributed by atoms with Crippen molar-refractivity contribution >= 4 is 28.3 Å². The van der Waals surface area contributed by atoms with Gasteiger partial charge in [0.2, 0.25) is 5.91 Å². The Kier molecular flexibility index (Phi) is 5.35. The van der Waals surface area contributed by atoms with Crippen molar-refractivity contribution in [2.24, 2.45) is 0 Å². The fraction of sp³-hybridized carbons (Fsp3) is 0.217. The van der Waals surface area contributed by atoms with Gasteiger partial charge in [-0.05, 0) is 29.0 Å². The molecule has 0 bridgehead atoms. The van der Waals surface area contributed by atoms with E-state index in [0.717, 1.165) is 22.0 Å². The van der Waals surface area contributed by atoms with Crippen LogP contribution in [0.15, 0.2) is 72.8 Å². The Labute approximate surface area is 164 Å². The number of fused-ring (bicyclic) bond motifs is 1. The molecule has 0 aromatic heterocycles. The zero-order valence-corrected chi connectivity index (χ0v) is 15.7. The average Bonchev–Trinajstić information content (AvgIpc) is 2.74. The van der Waals surface area contributed by atoms with Crippen LogP contribution in [0.5, 0.6) is 0 Å². The summed E-state index contributed by atoms with van der Waals surface area (Å²) in [6.07, 6.45) is 0. The number of nitrogens with one attached hydrogen (secondary N) is 1. The lowest BCUT2D eigenvalue weighted by Gasteiger charge is -2.34. The van der Waals surface area contributed by atoms with Gasteiger partial charge in [0.1, 0.15) is 0 Å². The molecule has 1 N–H and O–H groups in total. The van der Waals surface area contributed by atoms with Crippen molar-refractivity contribution in [3.05, 3.63) is 78.4 Å². The number of carbonyl (C=O) groups excluding carboxylic acids is 2. The van der Waals surface area contributed by atoms with Gasteiger partial charge in [-0.25, -0.2) is 0 Å². The highest BCUT2D eigenvalue weighted by Crippen LogP contribution is 2.20. The zero-order valence-electron chi connectivity index (χ0n) is 15.7. The largest absolute Gasteiger partial charge is 0.336 e. The third-order valence-electron chi connectivity index (χ3n) is 5.10. The highest BCUT2D eigenvalue weighted by atomic mass is 16.2. The van der Waals surface area contributed by atoms with Crippen LogP contribution in [0, 0.1) is 0 Å². The first-order chi connectivity index (χ1) is 13.7. The van der Waals surface area contributed by atoms with Crippen molar-refractivity contribution < 1.29 is 9.59 Å². The van der Waals surface area contributed by atoms with Crippen LogP contribution in [-0.4, -0.2) is 54.3 Å². The number of piperazine rings is 1. The van der Waals surface area contributed by atoms with Crippen molar-refractivity contribution in [2.45, 2.75) is 0 Å². The number of hydrogen-bond acceptors (Lipinski definition) is 3. The Balaban J connectivity index is 1.35. The summed E-state index contributed by atoms with van der Waals surface area (Å²) in [5.74, 6) is 0.0326. The average molecular weight is 373 g/mol. The summed E-state index contributed by atoms with van der Waals surface area (Å²) in [6.45, 7) is 2.98. The molecule has 5 nitrogen and oxygen atoms in total. The Hall–Kier alpha value is -3.18. The van der Waals surface area contributed by atoms with Gasteiger partial charge in [0.25, 0.3) is 5.91 Å². The molecule has 0 spiro atoms. The molecule has 28 heavy (non-hydrogen) atoms. The topological polar surface area (TPSA) is 52.7 Å². The van der Waals surface area contributed by atoms with Crippen LogP contribution in [-0.2, 0) is 4.79 Å². The smallest absolute Gasteiger partial charge is 0.254 e. The highest BCUT2D eigenvalue weighted by Gasteiger charge is 2.24. The molecule has 0 saturated carbocycles. The van der Waals surface area contributed by atoms with E-state index in [2.05, 4.69) is 10.2 Å². The molecule has 142 valence electrons. The summed E-state index contributed by atoms with van der Waals surface area (Å²) in [4.78, 5) is 29.2. The van der Waals surface area contributed by atoms with Gasteiger partial charge < -0.3 is 10.2 Å². The van der Waals surface area contributed by atoms with E-state index in [1.807, 2.05) is 77.7 Å². The number of carbonyl (C=O) groups is 2. The molecule has 1 saturated heterocycles. The number of para-hydroxylation sites is 1. The molecule has 0 unspecified atom stereocenters. The van der Waals surface area contributed by atoms with Crippen LogP contribution in [0.4, 0.5) is 5.69 Å². The van der Waals surface area contributed by atoms with Crippen LogP contribution in [0.2, 0.25) is 0 Å². The second-order valence-corrected chi connectivity index (χ2v) is 7.01. The third-order valence-corrected chi connectivity index (χ3v) is 5.10. The summed E-state index contributed by atoms with van der Waals surface area (Å²) in [6, 6.07) is 23.3. The normalized spacial score (nSPS) is 14.8. The second-order valence-electron chi connectivity index (χ2n) is 7.01.